The molecule has 2 aromatic rings. The number of carbonyl (C=O) groups is 1. The van der Waals surface area contributed by atoms with Gasteiger partial charge in [-0.1, -0.05) is 29.8 Å². The molecule has 0 spiro atoms. The summed E-state index contributed by atoms with van der Waals surface area (Å²) in [4.78, 5) is 11.1. The van der Waals surface area contributed by atoms with Crippen LogP contribution in [0.3, 0.4) is 0 Å². The van der Waals surface area contributed by atoms with Gasteiger partial charge in [0.25, 0.3) is 0 Å². The zero-order chi connectivity index (χ0) is 14.7. The Bertz CT molecular complexity index is 650. The van der Waals surface area contributed by atoms with Gasteiger partial charge in [-0.25, -0.2) is 4.79 Å². The summed E-state index contributed by atoms with van der Waals surface area (Å²) in [5.41, 5.74) is 2.99. The van der Waals surface area contributed by atoms with Gasteiger partial charge in [-0.05, 0) is 43.2 Å². The zero-order valence-electron chi connectivity index (χ0n) is 11.3. The maximum absolute atomic E-state index is 11.1. The highest BCUT2D eigenvalue weighted by Gasteiger charge is 2.12. The van der Waals surface area contributed by atoms with Gasteiger partial charge in [0.05, 0.1) is 0 Å². The van der Waals surface area contributed by atoms with Crippen molar-refractivity contribution in [1.29, 1.82) is 0 Å². The normalized spacial score (nSPS) is 10.3. The third kappa shape index (κ3) is 3.31. The highest BCUT2D eigenvalue weighted by Crippen LogP contribution is 2.24. The Kier molecular flexibility index (Phi) is 4.30. The van der Waals surface area contributed by atoms with Crippen LogP contribution < -0.4 is 4.74 Å². The molecule has 0 saturated heterocycles. The van der Waals surface area contributed by atoms with Crippen LogP contribution in [-0.2, 0) is 6.61 Å². The van der Waals surface area contributed by atoms with Crippen LogP contribution >= 0.6 is 11.6 Å². The quantitative estimate of drug-likeness (QED) is 0.916. The second-order valence-electron chi connectivity index (χ2n) is 4.69. The van der Waals surface area contributed by atoms with Gasteiger partial charge >= 0.3 is 5.97 Å². The van der Waals surface area contributed by atoms with Crippen LogP contribution in [0.15, 0.2) is 36.4 Å². The SMILES string of the molecule is Cc1ccc(COc2cc(C)ccc2C(=O)O)c(Cl)c1. The van der Waals surface area contributed by atoms with Crippen molar-refractivity contribution in [3.8, 4) is 5.75 Å². The van der Waals surface area contributed by atoms with Gasteiger partial charge in [-0.15, -0.1) is 0 Å². The summed E-state index contributed by atoms with van der Waals surface area (Å²) in [5, 5.41) is 9.76. The first-order valence-corrected chi connectivity index (χ1v) is 6.57. The molecule has 0 fully saturated rings. The Labute approximate surface area is 122 Å². The molecule has 0 atom stereocenters. The predicted octanol–water partition coefficient (Wildman–Crippen LogP) is 4.23. The van der Waals surface area contributed by atoms with Gasteiger partial charge in [-0.2, -0.15) is 0 Å². The second-order valence-corrected chi connectivity index (χ2v) is 5.10. The van der Waals surface area contributed by atoms with Crippen LogP contribution in [0.1, 0.15) is 27.0 Å². The summed E-state index contributed by atoms with van der Waals surface area (Å²) in [5.74, 6) is -0.649. The van der Waals surface area contributed by atoms with Crippen molar-refractivity contribution in [2.24, 2.45) is 0 Å². The van der Waals surface area contributed by atoms with Crippen LogP contribution in [0.2, 0.25) is 5.02 Å². The molecule has 0 aliphatic rings. The first-order valence-electron chi connectivity index (χ1n) is 6.19. The van der Waals surface area contributed by atoms with E-state index >= 15 is 0 Å². The molecule has 2 aromatic carbocycles. The topological polar surface area (TPSA) is 46.5 Å². The molecule has 0 bridgehead atoms. The zero-order valence-corrected chi connectivity index (χ0v) is 12.1. The standard InChI is InChI=1S/C16H15ClO3/c1-10-3-5-12(14(17)7-10)9-20-15-8-11(2)4-6-13(15)16(18)19/h3-8H,9H2,1-2H3,(H,18,19). The summed E-state index contributed by atoms with van der Waals surface area (Å²) in [6.07, 6.45) is 0. The first-order chi connectivity index (χ1) is 9.47. The van der Waals surface area contributed by atoms with Crippen LogP contribution in [0.25, 0.3) is 0 Å². The molecular formula is C16H15ClO3. The van der Waals surface area contributed by atoms with Crippen molar-refractivity contribution in [2.75, 3.05) is 0 Å². The number of hydrogen-bond donors (Lipinski definition) is 1. The summed E-state index contributed by atoms with van der Waals surface area (Å²) in [6.45, 7) is 4.08. The summed E-state index contributed by atoms with van der Waals surface area (Å²) < 4.78 is 5.62. The number of ether oxygens (including phenoxy) is 1. The maximum atomic E-state index is 11.1. The van der Waals surface area contributed by atoms with Crippen molar-refractivity contribution in [3.63, 3.8) is 0 Å². The number of hydrogen-bond acceptors (Lipinski definition) is 2. The van der Waals surface area contributed by atoms with Crippen molar-refractivity contribution < 1.29 is 14.6 Å². The number of benzene rings is 2. The highest BCUT2D eigenvalue weighted by atomic mass is 35.5. The van der Waals surface area contributed by atoms with E-state index in [0.717, 1.165) is 16.7 Å². The van der Waals surface area contributed by atoms with Crippen molar-refractivity contribution in [1.82, 2.24) is 0 Å². The predicted molar refractivity (Wildman–Crippen MR) is 78.7 cm³/mol. The largest absolute Gasteiger partial charge is 0.488 e. The average Bonchev–Trinajstić information content (AvgIpc) is 2.37. The number of carboxylic acid groups (broad SMARTS) is 1. The molecule has 3 nitrogen and oxygen atoms in total. The third-order valence-electron chi connectivity index (χ3n) is 2.96. The summed E-state index contributed by atoms with van der Waals surface area (Å²) in [6, 6.07) is 10.7. The van der Waals surface area contributed by atoms with E-state index in [0.29, 0.717) is 10.8 Å². The first kappa shape index (κ1) is 14.4. The van der Waals surface area contributed by atoms with E-state index in [1.807, 2.05) is 32.0 Å². The molecule has 0 aliphatic carbocycles. The third-order valence-corrected chi connectivity index (χ3v) is 3.31. The lowest BCUT2D eigenvalue weighted by molar-refractivity contribution is 0.0692. The fourth-order valence-electron chi connectivity index (χ4n) is 1.85. The number of carboxylic acids is 1. The number of halogens is 1. The minimum Gasteiger partial charge on any atom is -0.488 e. The molecule has 20 heavy (non-hydrogen) atoms. The Morgan fingerprint density at radius 1 is 1.15 bits per heavy atom. The minimum absolute atomic E-state index is 0.152. The Morgan fingerprint density at radius 3 is 2.45 bits per heavy atom. The van der Waals surface area contributed by atoms with E-state index < -0.39 is 5.97 Å². The van der Waals surface area contributed by atoms with E-state index in [-0.39, 0.29) is 12.2 Å². The molecule has 0 radical (unpaired) electrons. The molecule has 0 unspecified atom stereocenters. The van der Waals surface area contributed by atoms with E-state index in [2.05, 4.69) is 0 Å². The van der Waals surface area contributed by atoms with Gasteiger partial charge < -0.3 is 9.84 Å². The van der Waals surface area contributed by atoms with Crippen LogP contribution in [0.5, 0.6) is 5.75 Å². The second kappa shape index (κ2) is 5.97. The van der Waals surface area contributed by atoms with E-state index in [4.69, 9.17) is 21.4 Å². The van der Waals surface area contributed by atoms with E-state index in [1.54, 1.807) is 18.2 Å². The van der Waals surface area contributed by atoms with Gasteiger partial charge in [-0.3, -0.25) is 0 Å². The van der Waals surface area contributed by atoms with Gasteiger partial charge in [0.15, 0.2) is 0 Å². The molecular weight excluding hydrogens is 276 g/mol. The molecule has 0 amide bonds. The lowest BCUT2D eigenvalue weighted by Gasteiger charge is -2.11. The molecule has 0 heterocycles. The molecule has 0 aromatic heterocycles. The fraction of sp³-hybridized carbons (Fsp3) is 0.188. The Hall–Kier alpha value is -2.00. The lowest BCUT2D eigenvalue weighted by atomic mass is 10.1. The number of rotatable bonds is 4. The van der Waals surface area contributed by atoms with Gasteiger partial charge in [0, 0.05) is 10.6 Å². The molecule has 4 heteroatoms. The highest BCUT2D eigenvalue weighted by molar-refractivity contribution is 6.31. The Balaban J connectivity index is 2.22. The van der Waals surface area contributed by atoms with Crippen LogP contribution in [-0.4, -0.2) is 11.1 Å². The van der Waals surface area contributed by atoms with Crippen molar-refractivity contribution in [2.45, 2.75) is 20.5 Å². The number of aryl methyl sites for hydroxylation is 2. The maximum Gasteiger partial charge on any atom is 0.339 e. The summed E-state index contributed by atoms with van der Waals surface area (Å²) in [7, 11) is 0. The fourth-order valence-corrected chi connectivity index (χ4v) is 2.14. The molecule has 0 saturated carbocycles. The average molecular weight is 291 g/mol. The van der Waals surface area contributed by atoms with Crippen molar-refractivity contribution >= 4 is 17.6 Å². The van der Waals surface area contributed by atoms with Crippen LogP contribution in [0.4, 0.5) is 0 Å². The molecule has 2 rings (SSSR count). The monoisotopic (exact) mass is 290 g/mol. The smallest absolute Gasteiger partial charge is 0.339 e. The summed E-state index contributed by atoms with van der Waals surface area (Å²) >= 11 is 6.13. The lowest BCUT2D eigenvalue weighted by Crippen LogP contribution is -2.04. The van der Waals surface area contributed by atoms with Gasteiger partial charge in [0.1, 0.15) is 17.9 Å². The van der Waals surface area contributed by atoms with Crippen molar-refractivity contribution in [3.05, 3.63) is 63.7 Å². The Morgan fingerprint density at radius 2 is 1.80 bits per heavy atom. The molecule has 104 valence electrons. The van der Waals surface area contributed by atoms with E-state index in [9.17, 15) is 4.79 Å². The molecule has 0 aliphatic heterocycles. The minimum atomic E-state index is -1.00. The van der Waals surface area contributed by atoms with Gasteiger partial charge in [0.2, 0.25) is 0 Å². The molecule has 1 N–H and O–H groups in total. The van der Waals surface area contributed by atoms with E-state index in [1.165, 1.54) is 0 Å². The number of aromatic carboxylic acids is 1. The van der Waals surface area contributed by atoms with Crippen LogP contribution in [0, 0.1) is 13.8 Å².